The summed E-state index contributed by atoms with van der Waals surface area (Å²) >= 11 is 0. The fraction of sp³-hybridized carbons (Fsp3) is 0.231. The van der Waals surface area contributed by atoms with Crippen LogP contribution in [0.3, 0.4) is 0 Å². The predicted molar refractivity (Wildman–Crippen MR) is 66.7 cm³/mol. The zero-order valence-corrected chi connectivity index (χ0v) is 10.3. The quantitative estimate of drug-likeness (QED) is 0.727. The number of rotatable bonds is 3. The first-order chi connectivity index (χ1) is 9.17. The van der Waals surface area contributed by atoms with E-state index in [-0.39, 0.29) is 0 Å². The average molecular weight is 262 g/mol. The zero-order chi connectivity index (χ0) is 13.4. The van der Waals surface area contributed by atoms with Gasteiger partial charge in [-0.25, -0.2) is 13.8 Å². The summed E-state index contributed by atoms with van der Waals surface area (Å²) in [5.41, 5.74) is 2.01. The summed E-state index contributed by atoms with van der Waals surface area (Å²) in [7, 11) is 0. The number of hydrogen-bond acceptors (Lipinski definition) is 2. The minimum Gasteiger partial charge on any atom is -0.326 e. The summed E-state index contributed by atoms with van der Waals surface area (Å²) in [5.74, 6) is -1.74. The lowest BCUT2D eigenvalue weighted by atomic mass is 10.3. The molecule has 0 amide bonds. The summed E-state index contributed by atoms with van der Waals surface area (Å²) in [4.78, 5) is 4.07. The first kappa shape index (κ1) is 11.8. The van der Waals surface area contributed by atoms with Crippen LogP contribution >= 0.6 is 0 Å². The molecule has 19 heavy (non-hydrogen) atoms. The number of benzene rings is 1. The van der Waals surface area contributed by atoms with E-state index in [0.29, 0.717) is 17.6 Å². The third-order valence-electron chi connectivity index (χ3n) is 3.03. The van der Waals surface area contributed by atoms with Gasteiger partial charge in [0.05, 0.1) is 30.1 Å². The molecule has 2 heterocycles. The van der Waals surface area contributed by atoms with Crippen molar-refractivity contribution >= 4 is 11.0 Å². The van der Waals surface area contributed by atoms with Crippen molar-refractivity contribution in [3.63, 3.8) is 0 Å². The number of halogens is 2. The summed E-state index contributed by atoms with van der Waals surface area (Å²) in [6.07, 6.45) is 5.26. The van der Waals surface area contributed by atoms with Gasteiger partial charge in [0.15, 0.2) is 11.6 Å². The highest BCUT2D eigenvalue weighted by molar-refractivity contribution is 5.75. The van der Waals surface area contributed by atoms with Crippen LogP contribution in [0.5, 0.6) is 0 Å². The molecule has 4 nitrogen and oxygen atoms in total. The van der Waals surface area contributed by atoms with E-state index in [1.807, 2.05) is 17.8 Å². The molecular formula is C13H12F2N4. The standard InChI is InChI=1S/C13H12F2N4/c1-2-19-7-9(5-17-19)6-18-8-16-12-3-10(14)11(15)4-13(12)18/h3-5,7-8H,2,6H2,1H3. The van der Waals surface area contributed by atoms with E-state index in [1.54, 1.807) is 17.1 Å². The topological polar surface area (TPSA) is 35.6 Å². The number of aromatic nitrogens is 4. The fourth-order valence-electron chi connectivity index (χ4n) is 2.04. The first-order valence-electron chi connectivity index (χ1n) is 5.98. The van der Waals surface area contributed by atoms with Crippen LogP contribution in [0.4, 0.5) is 8.78 Å². The number of fused-ring (bicyclic) bond motifs is 1. The van der Waals surface area contributed by atoms with Crippen LogP contribution in [0, 0.1) is 11.6 Å². The van der Waals surface area contributed by atoms with Crippen molar-refractivity contribution in [3.05, 3.63) is 48.1 Å². The van der Waals surface area contributed by atoms with Crippen molar-refractivity contribution in [2.24, 2.45) is 0 Å². The predicted octanol–water partition coefficient (Wildman–Crippen LogP) is 2.58. The second kappa shape index (κ2) is 4.46. The van der Waals surface area contributed by atoms with Gasteiger partial charge in [-0.3, -0.25) is 4.68 Å². The molecule has 0 atom stereocenters. The van der Waals surface area contributed by atoms with E-state index in [2.05, 4.69) is 10.1 Å². The Morgan fingerprint density at radius 1 is 1.21 bits per heavy atom. The minimum atomic E-state index is -0.878. The van der Waals surface area contributed by atoms with E-state index in [1.165, 1.54) is 6.07 Å². The molecule has 0 unspecified atom stereocenters. The largest absolute Gasteiger partial charge is 0.326 e. The van der Waals surface area contributed by atoms with Crippen LogP contribution in [-0.2, 0) is 13.1 Å². The van der Waals surface area contributed by atoms with Crippen LogP contribution in [0.1, 0.15) is 12.5 Å². The molecule has 0 N–H and O–H groups in total. The zero-order valence-electron chi connectivity index (χ0n) is 10.3. The molecule has 0 saturated heterocycles. The highest BCUT2D eigenvalue weighted by Gasteiger charge is 2.09. The average Bonchev–Trinajstić information content (AvgIpc) is 2.99. The van der Waals surface area contributed by atoms with Gasteiger partial charge in [0, 0.05) is 30.4 Å². The molecule has 1 aromatic carbocycles. The number of hydrogen-bond donors (Lipinski definition) is 0. The summed E-state index contributed by atoms with van der Waals surface area (Å²) in [6.45, 7) is 3.33. The van der Waals surface area contributed by atoms with Gasteiger partial charge in [-0.2, -0.15) is 5.10 Å². The molecule has 98 valence electrons. The lowest BCUT2D eigenvalue weighted by molar-refractivity contribution is 0.510. The molecule has 0 bridgehead atoms. The molecule has 6 heteroatoms. The van der Waals surface area contributed by atoms with Crippen LogP contribution in [0.2, 0.25) is 0 Å². The van der Waals surface area contributed by atoms with E-state index in [0.717, 1.165) is 18.2 Å². The third kappa shape index (κ3) is 2.09. The SMILES string of the molecule is CCn1cc(Cn2cnc3cc(F)c(F)cc32)cn1. The van der Waals surface area contributed by atoms with Crippen LogP contribution in [-0.4, -0.2) is 19.3 Å². The molecule has 0 aliphatic rings. The van der Waals surface area contributed by atoms with Crippen molar-refractivity contribution in [1.29, 1.82) is 0 Å². The normalized spacial score (nSPS) is 11.3. The molecule has 0 aliphatic carbocycles. The highest BCUT2D eigenvalue weighted by Crippen LogP contribution is 2.18. The number of nitrogens with zero attached hydrogens (tertiary/aromatic N) is 4. The van der Waals surface area contributed by atoms with Gasteiger partial charge >= 0.3 is 0 Å². The summed E-state index contributed by atoms with van der Waals surface area (Å²) < 4.78 is 30.0. The van der Waals surface area contributed by atoms with Gasteiger partial charge < -0.3 is 4.57 Å². The maximum Gasteiger partial charge on any atom is 0.161 e. The minimum absolute atomic E-state index is 0.446. The van der Waals surface area contributed by atoms with Gasteiger partial charge in [-0.05, 0) is 6.92 Å². The molecule has 3 aromatic rings. The van der Waals surface area contributed by atoms with Crippen molar-refractivity contribution < 1.29 is 8.78 Å². The Bertz CT molecular complexity index is 729. The smallest absolute Gasteiger partial charge is 0.161 e. The Morgan fingerprint density at radius 3 is 2.74 bits per heavy atom. The van der Waals surface area contributed by atoms with Gasteiger partial charge in [-0.1, -0.05) is 0 Å². The van der Waals surface area contributed by atoms with Gasteiger partial charge in [0.1, 0.15) is 0 Å². The van der Waals surface area contributed by atoms with Crippen LogP contribution < -0.4 is 0 Å². The maximum atomic E-state index is 13.3. The molecule has 3 rings (SSSR count). The Labute approximate surface area is 108 Å². The van der Waals surface area contributed by atoms with Gasteiger partial charge in [0.2, 0.25) is 0 Å². The van der Waals surface area contributed by atoms with E-state index >= 15 is 0 Å². The lowest BCUT2D eigenvalue weighted by Crippen LogP contribution is -1.98. The molecule has 0 saturated carbocycles. The second-order valence-corrected chi connectivity index (χ2v) is 4.33. The molecule has 0 aliphatic heterocycles. The van der Waals surface area contributed by atoms with E-state index in [9.17, 15) is 8.78 Å². The Hall–Kier alpha value is -2.24. The highest BCUT2D eigenvalue weighted by atomic mass is 19.2. The van der Waals surface area contributed by atoms with Crippen LogP contribution in [0.25, 0.3) is 11.0 Å². The Morgan fingerprint density at radius 2 is 2.00 bits per heavy atom. The number of imidazole rings is 1. The van der Waals surface area contributed by atoms with Crippen molar-refractivity contribution in [3.8, 4) is 0 Å². The van der Waals surface area contributed by atoms with E-state index < -0.39 is 11.6 Å². The molecule has 0 fully saturated rings. The van der Waals surface area contributed by atoms with Crippen LogP contribution in [0.15, 0.2) is 30.9 Å². The number of aryl methyl sites for hydroxylation is 1. The molecule has 2 aromatic heterocycles. The molecular weight excluding hydrogens is 250 g/mol. The fourth-order valence-corrected chi connectivity index (χ4v) is 2.04. The van der Waals surface area contributed by atoms with Gasteiger partial charge in [-0.15, -0.1) is 0 Å². The molecule has 0 radical (unpaired) electrons. The monoisotopic (exact) mass is 262 g/mol. The maximum absolute atomic E-state index is 13.3. The Kier molecular flexibility index (Phi) is 2.77. The molecule has 0 spiro atoms. The second-order valence-electron chi connectivity index (χ2n) is 4.33. The summed E-state index contributed by atoms with van der Waals surface area (Å²) in [6, 6.07) is 2.28. The Balaban J connectivity index is 1.98. The van der Waals surface area contributed by atoms with Crippen molar-refractivity contribution in [2.45, 2.75) is 20.0 Å². The third-order valence-corrected chi connectivity index (χ3v) is 3.03. The van der Waals surface area contributed by atoms with Crippen molar-refractivity contribution in [1.82, 2.24) is 19.3 Å². The first-order valence-corrected chi connectivity index (χ1v) is 5.98. The van der Waals surface area contributed by atoms with Crippen molar-refractivity contribution in [2.75, 3.05) is 0 Å². The van der Waals surface area contributed by atoms with E-state index in [4.69, 9.17) is 0 Å². The lowest BCUT2D eigenvalue weighted by Gasteiger charge is -2.02. The van der Waals surface area contributed by atoms with Gasteiger partial charge in [0.25, 0.3) is 0 Å². The summed E-state index contributed by atoms with van der Waals surface area (Å²) in [5, 5.41) is 4.18.